The van der Waals surface area contributed by atoms with Crippen LogP contribution in [0.15, 0.2) is 42.9 Å². The van der Waals surface area contributed by atoms with Gasteiger partial charge < -0.3 is 19.4 Å². The number of rotatable bonds is 3. The Bertz CT molecular complexity index is 1550. The number of hydrogen-bond acceptors (Lipinski definition) is 8. The molecule has 0 spiro atoms. The number of carbonyl (C=O) groups excluding carboxylic acids is 1. The Balaban J connectivity index is 0.00000176. The van der Waals surface area contributed by atoms with Crippen LogP contribution < -0.4 is 15.0 Å². The van der Waals surface area contributed by atoms with Crippen LogP contribution in [-0.4, -0.2) is 51.3 Å². The molecule has 1 aliphatic heterocycles. The number of carbonyl (C=O) groups is 1. The Morgan fingerprint density at radius 1 is 1.15 bits per heavy atom. The second-order valence-corrected chi connectivity index (χ2v) is 9.95. The van der Waals surface area contributed by atoms with Crippen LogP contribution in [0.25, 0.3) is 28.4 Å². The van der Waals surface area contributed by atoms with Crippen molar-refractivity contribution in [1.29, 1.82) is 0 Å². The number of imidazole rings is 1. The fourth-order valence-electron chi connectivity index (χ4n) is 4.84. The van der Waals surface area contributed by atoms with E-state index >= 15 is 0 Å². The molecule has 12 heteroatoms. The average molecular weight is 570 g/mol. The maximum absolute atomic E-state index is 11.5. The molecule has 6 rings (SSSR count). The summed E-state index contributed by atoms with van der Waals surface area (Å²) < 4.78 is 10.7. The van der Waals surface area contributed by atoms with Gasteiger partial charge in [-0.15, -0.1) is 24.8 Å². The minimum absolute atomic E-state index is 0. The largest absolute Gasteiger partial charge is 0.491 e. The van der Waals surface area contributed by atoms with Gasteiger partial charge in [-0.05, 0) is 41.7 Å². The predicted octanol–water partition coefficient (Wildman–Crippen LogP) is 5.43. The van der Waals surface area contributed by atoms with E-state index in [1.54, 1.807) is 12.5 Å². The summed E-state index contributed by atoms with van der Waals surface area (Å²) >= 11 is 0. The number of nitrogens with one attached hydrogen (secondary N) is 2. The zero-order valence-corrected chi connectivity index (χ0v) is 23.4. The Morgan fingerprint density at radius 2 is 2.00 bits per heavy atom. The van der Waals surface area contributed by atoms with E-state index in [2.05, 4.69) is 67.0 Å². The third-order valence-electron chi connectivity index (χ3n) is 6.70. The number of halogens is 2. The van der Waals surface area contributed by atoms with E-state index < -0.39 is 6.09 Å². The number of allylic oxidation sites excluding steroid dienone is 1. The van der Waals surface area contributed by atoms with Crippen molar-refractivity contribution in [2.24, 2.45) is 5.41 Å². The topological polar surface area (TPSA) is 118 Å². The SMILES string of the molecule is COC(=O)Nc1nc2ncc(-c3ccc4c(c3)CN(c3ncnc5c3CC(C)(C)C=C5)CCO4)cc2[nH]1.Cl.Cl. The van der Waals surface area contributed by atoms with Crippen LogP contribution in [-0.2, 0) is 17.7 Å². The van der Waals surface area contributed by atoms with Gasteiger partial charge in [-0.2, -0.15) is 4.98 Å². The molecule has 3 aromatic heterocycles. The molecule has 0 fully saturated rings. The molecule has 10 nitrogen and oxygen atoms in total. The van der Waals surface area contributed by atoms with Gasteiger partial charge in [0.2, 0.25) is 5.95 Å². The van der Waals surface area contributed by atoms with Gasteiger partial charge in [0.25, 0.3) is 0 Å². The fraction of sp³-hybridized carbons (Fsp3) is 0.296. The zero-order chi connectivity index (χ0) is 25.6. The monoisotopic (exact) mass is 569 g/mol. The van der Waals surface area contributed by atoms with Crippen molar-refractivity contribution in [3.8, 4) is 16.9 Å². The first kappa shape index (κ1) is 28.1. The van der Waals surface area contributed by atoms with Gasteiger partial charge in [0.05, 0.1) is 24.9 Å². The summed E-state index contributed by atoms with van der Waals surface area (Å²) in [4.78, 5) is 34.8. The van der Waals surface area contributed by atoms with E-state index in [4.69, 9.17) is 9.72 Å². The van der Waals surface area contributed by atoms with Crippen molar-refractivity contribution >= 4 is 59.9 Å². The molecule has 0 bridgehead atoms. The van der Waals surface area contributed by atoms with Crippen LogP contribution in [0.4, 0.5) is 16.6 Å². The number of benzene rings is 1. The molecular weight excluding hydrogens is 541 g/mol. The normalized spacial score (nSPS) is 15.1. The van der Waals surface area contributed by atoms with E-state index in [1.807, 2.05) is 18.2 Å². The third kappa shape index (κ3) is 5.62. The zero-order valence-electron chi connectivity index (χ0n) is 21.7. The lowest BCUT2D eigenvalue weighted by molar-refractivity contribution is 0.186. The molecule has 2 N–H and O–H groups in total. The van der Waals surface area contributed by atoms with E-state index in [-0.39, 0.29) is 36.2 Å². The van der Waals surface area contributed by atoms with Crippen LogP contribution in [0.2, 0.25) is 0 Å². The van der Waals surface area contributed by atoms with Crippen molar-refractivity contribution in [1.82, 2.24) is 24.9 Å². The Morgan fingerprint density at radius 3 is 2.82 bits per heavy atom. The summed E-state index contributed by atoms with van der Waals surface area (Å²) in [6, 6.07) is 8.14. The molecular formula is C27H29Cl2N7O3. The van der Waals surface area contributed by atoms with Gasteiger partial charge in [-0.1, -0.05) is 26.0 Å². The van der Waals surface area contributed by atoms with E-state index in [1.165, 1.54) is 12.7 Å². The third-order valence-corrected chi connectivity index (χ3v) is 6.70. The summed E-state index contributed by atoms with van der Waals surface area (Å²) in [5.41, 5.74) is 6.44. The van der Waals surface area contributed by atoms with Crippen LogP contribution in [0.1, 0.15) is 30.7 Å². The van der Waals surface area contributed by atoms with Gasteiger partial charge >= 0.3 is 6.09 Å². The number of pyridine rings is 1. The maximum atomic E-state index is 11.5. The van der Waals surface area contributed by atoms with Gasteiger partial charge in [-0.25, -0.2) is 19.7 Å². The average Bonchev–Trinajstić information content (AvgIpc) is 3.16. The van der Waals surface area contributed by atoms with Gasteiger partial charge in [0, 0.05) is 29.4 Å². The van der Waals surface area contributed by atoms with Gasteiger partial charge in [0.1, 0.15) is 24.5 Å². The van der Waals surface area contributed by atoms with E-state index in [9.17, 15) is 4.79 Å². The number of fused-ring (bicyclic) bond motifs is 3. The summed E-state index contributed by atoms with van der Waals surface area (Å²) in [5, 5.41) is 2.53. The van der Waals surface area contributed by atoms with Crippen molar-refractivity contribution in [2.45, 2.75) is 26.8 Å². The quantitative estimate of drug-likeness (QED) is 0.335. The number of amides is 1. The van der Waals surface area contributed by atoms with Crippen molar-refractivity contribution < 1.29 is 14.3 Å². The Labute approximate surface area is 238 Å². The van der Waals surface area contributed by atoms with Crippen molar-refractivity contribution in [3.05, 3.63) is 59.7 Å². The molecule has 0 saturated carbocycles. The molecule has 0 atom stereocenters. The smallest absolute Gasteiger partial charge is 0.413 e. The summed E-state index contributed by atoms with van der Waals surface area (Å²) in [7, 11) is 1.30. The van der Waals surface area contributed by atoms with Crippen LogP contribution in [0, 0.1) is 5.41 Å². The lowest BCUT2D eigenvalue weighted by atomic mass is 9.81. The highest BCUT2D eigenvalue weighted by atomic mass is 35.5. The Hall–Kier alpha value is -3.89. The molecule has 1 aromatic carbocycles. The highest BCUT2D eigenvalue weighted by Gasteiger charge is 2.27. The molecule has 4 heterocycles. The number of aromatic nitrogens is 5. The van der Waals surface area contributed by atoms with Crippen LogP contribution in [0.5, 0.6) is 5.75 Å². The number of methoxy groups -OCH3 is 1. The molecule has 0 saturated heterocycles. The number of nitrogens with zero attached hydrogens (tertiary/aromatic N) is 5. The fourth-order valence-corrected chi connectivity index (χ4v) is 4.84. The number of hydrogen-bond donors (Lipinski definition) is 2. The lowest BCUT2D eigenvalue weighted by Crippen LogP contribution is -2.29. The van der Waals surface area contributed by atoms with Crippen molar-refractivity contribution in [2.75, 3.05) is 30.5 Å². The minimum atomic E-state index is -0.598. The molecule has 0 unspecified atom stereocenters. The predicted molar refractivity (Wildman–Crippen MR) is 155 cm³/mol. The molecule has 1 amide bonds. The standard InChI is InChI=1S/C27H27N7O3.2ClH/c1-27(2)7-6-20-19(12-27)24(30-15-29-20)34-8-9-37-22-5-4-16(10-18(22)14-34)17-11-21-23(28-13-17)32-25(31-21)33-26(35)36-3;;/h4-7,10-11,13,15H,8-9,12,14H2,1-3H3,(H2,28,31,32,33,35);2*1H. The number of aromatic amines is 1. The maximum Gasteiger partial charge on any atom is 0.413 e. The van der Waals surface area contributed by atoms with Crippen molar-refractivity contribution in [3.63, 3.8) is 0 Å². The molecule has 1 aliphatic carbocycles. The van der Waals surface area contributed by atoms with E-state index in [0.717, 1.165) is 46.9 Å². The lowest BCUT2D eigenvalue weighted by Gasteiger charge is -2.30. The summed E-state index contributed by atoms with van der Waals surface area (Å²) in [6.45, 7) is 6.44. The first-order valence-electron chi connectivity index (χ1n) is 12.1. The molecule has 4 aromatic rings. The molecule has 39 heavy (non-hydrogen) atoms. The minimum Gasteiger partial charge on any atom is -0.491 e. The highest BCUT2D eigenvalue weighted by Crippen LogP contribution is 2.37. The number of H-pyrrole nitrogens is 1. The summed E-state index contributed by atoms with van der Waals surface area (Å²) in [6.07, 6.45) is 8.04. The van der Waals surface area contributed by atoms with Crippen LogP contribution >= 0.6 is 24.8 Å². The number of ether oxygens (including phenoxy) is 2. The first-order valence-corrected chi connectivity index (χ1v) is 12.1. The second-order valence-electron chi connectivity index (χ2n) is 9.95. The number of anilines is 2. The summed E-state index contributed by atoms with van der Waals surface area (Å²) in [5.74, 6) is 2.12. The molecule has 0 radical (unpaired) electrons. The van der Waals surface area contributed by atoms with Gasteiger partial charge in [-0.3, -0.25) is 5.32 Å². The molecule has 204 valence electrons. The second kappa shape index (κ2) is 11.1. The van der Waals surface area contributed by atoms with Crippen LogP contribution in [0.3, 0.4) is 0 Å². The van der Waals surface area contributed by atoms with Gasteiger partial charge in [0.15, 0.2) is 5.65 Å². The van der Waals surface area contributed by atoms with E-state index in [0.29, 0.717) is 24.3 Å². The Kier molecular flexibility index (Phi) is 7.99. The first-order chi connectivity index (χ1) is 17.9. The molecule has 2 aliphatic rings. The highest BCUT2D eigenvalue weighted by molar-refractivity contribution is 5.86.